The summed E-state index contributed by atoms with van der Waals surface area (Å²) in [5, 5.41) is 9.15. The van der Waals surface area contributed by atoms with Gasteiger partial charge < -0.3 is 20.7 Å². The normalized spacial score (nSPS) is 11.2. The van der Waals surface area contributed by atoms with Gasteiger partial charge in [-0.25, -0.2) is 0 Å². The van der Waals surface area contributed by atoms with Crippen LogP contribution in [0.2, 0.25) is 0 Å². The Kier molecular flexibility index (Phi) is 9.47. The third-order valence-electron chi connectivity index (χ3n) is 3.31. The molecule has 3 N–H and O–H groups in total. The van der Waals surface area contributed by atoms with Gasteiger partial charge in [0.15, 0.2) is 5.96 Å². The van der Waals surface area contributed by atoms with Gasteiger partial charge in [0, 0.05) is 46.0 Å². The van der Waals surface area contributed by atoms with E-state index >= 15 is 0 Å². The minimum absolute atomic E-state index is 0.0633. The van der Waals surface area contributed by atoms with Crippen molar-refractivity contribution in [3.63, 3.8) is 0 Å². The van der Waals surface area contributed by atoms with Crippen molar-refractivity contribution in [2.75, 3.05) is 40.4 Å². The third kappa shape index (κ3) is 7.65. The first kappa shape index (κ1) is 19.0. The summed E-state index contributed by atoms with van der Waals surface area (Å²) < 4.78 is 5.29. The largest absolute Gasteiger partial charge is 0.382 e. The van der Waals surface area contributed by atoms with Gasteiger partial charge in [-0.3, -0.25) is 9.79 Å². The van der Waals surface area contributed by atoms with Crippen LogP contribution >= 0.6 is 0 Å². The van der Waals surface area contributed by atoms with Crippen LogP contribution in [0.1, 0.15) is 29.3 Å². The minimum atomic E-state index is -0.0633. The van der Waals surface area contributed by atoms with E-state index in [0.29, 0.717) is 5.56 Å². The second-order valence-corrected chi connectivity index (χ2v) is 5.01. The molecule has 0 bridgehead atoms. The van der Waals surface area contributed by atoms with E-state index in [1.807, 2.05) is 31.2 Å². The van der Waals surface area contributed by atoms with Crippen molar-refractivity contribution in [3.8, 4) is 0 Å². The SMILES string of the molecule is CCOCCCNC(=NC)NCCc1cccc(C(=O)NC)c1. The van der Waals surface area contributed by atoms with Crippen molar-refractivity contribution >= 4 is 11.9 Å². The van der Waals surface area contributed by atoms with Crippen LogP contribution < -0.4 is 16.0 Å². The molecule has 0 aliphatic heterocycles. The second kappa shape index (κ2) is 11.5. The molecule has 0 saturated carbocycles. The van der Waals surface area contributed by atoms with Crippen molar-refractivity contribution in [2.24, 2.45) is 4.99 Å². The van der Waals surface area contributed by atoms with Crippen molar-refractivity contribution in [2.45, 2.75) is 19.8 Å². The Labute approximate surface area is 138 Å². The lowest BCUT2D eigenvalue weighted by atomic mass is 10.1. The Morgan fingerprint density at radius 2 is 2.04 bits per heavy atom. The average Bonchev–Trinajstić information content (AvgIpc) is 2.59. The fourth-order valence-corrected chi connectivity index (χ4v) is 2.08. The number of nitrogens with one attached hydrogen (secondary N) is 3. The molecule has 0 saturated heterocycles. The molecule has 1 amide bonds. The highest BCUT2D eigenvalue weighted by Crippen LogP contribution is 2.05. The van der Waals surface area contributed by atoms with Crippen molar-refractivity contribution in [3.05, 3.63) is 35.4 Å². The maximum Gasteiger partial charge on any atom is 0.251 e. The molecule has 0 aliphatic carbocycles. The lowest BCUT2D eigenvalue weighted by molar-refractivity contribution is 0.0963. The van der Waals surface area contributed by atoms with Gasteiger partial charge in [-0.15, -0.1) is 0 Å². The molecule has 0 radical (unpaired) electrons. The zero-order valence-corrected chi connectivity index (χ0v) is 14.3. The number of carbonyl (C=O) groups excluding carboxylic acids is 1. The molecule has 0 atom stereocenters. The van der Waals surface area contributed by atoms with Gasteiger partial charge in [0.25, 0.3) is 5.91 Å². The summed E-state index contributed by atoms with van der Waals surface area (Å²) in [4.78, 5) is 15.8. The van der Waals surface area contributed by atoms with E-state index in [1.54, 1.807) is 14.1 Å². The molecule has 0 heterocycles. The van der Waals surface area contributed by atoms with Crippen LogP contribution in [0.25, 0.3) is 0 Å². The Hall–Kier alpha value is -2.08. The van der Waals surface area contributed by atoms with E-state index in [1.165, 1.54) is 0 Å². The Morgan fingerprint density at radius 1 is 1.26 bits per heavy atom. The standard InChI is InChI=1S/C17H28N4O2/c1-4-23-12-6-10-20-17(19-3)21-11-9-14-7-5-8-15(13-14)16(22)18-2/h5,7-8,13H,4,6,9-12H2,1-3H3,(H,18,22)(H2,19,20,21). The zero-order chi connectivity index (χ0) is 16.9. The second-order valence-electron chi connectivity index (χ2n) is 5.01. The van der Waals surface area contributed by atoms with Crippen LogP contribution in [0.15, 0.2) is 29.3 Å². The quantitative estimate of drug-likeness (QED) is 0.363. The van der Waals surface area contributed by atoms with Crippen LogP contribution in [0, 0.1) is 0 Å². The summed E-state index contributed by atoms with van der Waals surface area (Å²) in [6.07, 6.45) is 1.77. The van der Waals surface area contributed by atoms with E-state index in [9.17, 15) is 4.79 Å². The first-order valence-electron chi connectivity index (χ1n) is 8.04. The Bertz CT molecular complexity index is 503. The lowest BCUT2D eigenvalue weighted by Gasteiger charge is -2.12. The number of ether oxygens (including phenoxy) is 1. The molecule has 6 heteroatoms. The summed E-state index contributed by atoms with van der Waals surface area (Å²) in [6.45, 7) is 5.08. The topological polar surface area (TPSA) is 74.8 Å². The number of benzene rings is 1. The number of guanidine groups is 1. The van der Waals surface area contributed by atoms with Crippen LogP contribution in [0.3, 0.4) is 0 Å². The smallest absolute Gasteiger partial charge is 0.251 e. The number of aliphatic imine (C=N–C) groups is 1. The first-order valence-corrected chi connectivity index (χ1v) is 8.04. The third-order valence-corrected chi connectivity index (χ3v) is 3.31. The van der Waals surface area contributed by atoms with E-state index in [0.717, 1.165) is 50.7 Å². The van der Waals surface area contributed by atoms with Crippen LogP contribution in [-0.2, 0) is 11.2 Å². The fourth-order valence-electron chi connectivity index (χ4n) is 2.08. The molecule has 0 aromatic heterocycles. The van der Waals surface area contributed by atoms with E-state index in [2.05, 4.69) is 20.9 Å². The van der Waals surface area contributed by atoms with E-state index in [4.69, 9.17) is 4.74 Å². The summed E-state index contributed by atoms with van der Waals surface area (Å²) in [5.74, 6) is 0.718. The van der Waals surface area contributed by atoms with Crippen molar-refractivity contribution in [1.29, 1.82) is 0 Å². The van der Waals surface area contributed by atoms with Gasteiger partial charge >= 0.3 is 0 Å². The molecule has 128 valence electrons. The summed E-state index contributed by atoms with van der Waals surface area (Å²) in [7, 11) is 3.39. The average molecular weight is 320 g/mol. The molecule has 0 spiro atoms. The molecule has 1 aromatic carbocycles. The summed E-state index contributed by atoms with van der Waals surface area (Å²) in [5.41, 5.74) is 1.80. The molecule has 1 rings (SSSR count). The van der Waals surface area contributed by atoms with Gasteiger partial charge in [-0.05, 0) is 37.5 Å². The zero-order valence-electron chi connectivity index (χ0n) is 14.3. The van der Waals surface area contributed by atoms with Gasteiger partial charge in [-0.1, -0.05) is 12.1 Å². The molecule has 1 aromatic rings. The predicted octanol–water partition coefficient (Wildman–Crippen LogP) is 1.18. The molecule has 0 unspecified atom stereocenters. The van der Waals surface area contributed by atoms with Crippen molar-refractivity contribution in [1.82, 2.24) is 16.0 Å². The Balaban J connectivity index is 2.33. The molecule has 0 fully saturated rings. The van der Waals surface area contributed by atoms with Crippen LogP contribution in [-0.4, -0.2) is 52.3 Å². The summed E-state index contributed by atoms with van der Waals surface area (Å²) >= 11 is 0. The Morgan fingerprint density at radius 3 is 2.74 bits per heavy atom. The molecular formula is C17H28N4O2. The van der Waals surface area contributed by atoms with Gasteiger partial charge in [0.2, 0.25) is 0 Å². The number of hydrogen-bond acceptors (Lipinski definition) is 3. The maximum atomic E-state index is 11.6. The van der Waals surface area contributed by atoms with E-state index in [-0.39, 0.29) is 5.91 Å². The lowest BCUT2D eigenvalue weighted by Crippen LogP contribution is -2.39. The minimum Gasteiger partial charge on any atom is -0.382 e. The number of carbonyl (C=O) groups is 1. The fraction of sp³-hybridized carbons (Fsp3) is 0.529. The van der Waals surface area contributed by atoms with Crippen molar-refractivity contribution < 1.29 is 9.53 Å². The maximum absolute atomic E-state index is 11.6. The molecule has 23 heavy (non-hydrogen) atoms. The first-order chi connectivity index (χ1) is 11.2. The van der Waals surface area contributed by atoms with Gasteiger partial charge in [0.05, 0.1) is 0 Å². The number of amides is 1. The van der Waals surface area contributed by atoms with Crippen LogP contribution in [0.5, 0.6) is 0 Å². The monoisotopic (exact) mass is 320 g/mol. The van der Waals surface area contributed by atoms with E-state index < -0.39 is 0 Å². The van der Waals surface area contributed by atoms with Gasteiger partial charge in [-0.2, -0.15) is 0 Å². The van der Waals surface area contributed by atoms with Gasteiger partial charge in [0.1, 0.15) is 0 Å². The molecule has 6 nitrogen and oxygen atoms in total. The predicted molar refractivity (Wildman–Crippen MR) is 94.0 cm³/mol. The molecular weight excluding hydrogens is 292 g/mol. The number of nitrogens with zero attached hydrogens (tertiary/aromatic N) is 1. The van der Waals surface area contributed by atoms with Crippen LogP contribution in [0.4, 0.5) is 0 Å². The molecule has 0 aliphatic rings. The summed E-state index contributed by atoms with van der Waals surface area (Å²) in [6, 6.07) is 7.65. The highest BCUT2D eigenvalue weighted by Gasteiger charge is 2.04. The number of hydrogen-bond donors (Lipinski definition) is 3. The highest BCUT2D eigenvalue weighted by molar-refractivity contribution is 5.94. The highest BCUT2D eigenvalue weighted by atomic mass is 16.5. The number of rotatable bonds is 9.